The maximum absolute atomic E-state index is 12.9. The number of Topliss-reactive ketones (excluding diaryl/α,β-unsaturated/α-hetero) is 2. The molecular formula is C21H22O5S. The summed E-state index contributed by atoms with van der Waals surface area (Å²) in [4.78, 5) is 25.9. The zero-order valence-corrected chi connectivity index (χ0v) is 16.5. The summed E-state index contributed by atoms with van der Waals surface area (Å²) in [6.07, 6.45) is 0.413. The van der Waals surface area contributed by atoms with Crippen LogP contribution in [0.15, 0.2) is 46.2 Å². The quantitative estimate of drug-likeness (QED) is 0.622. The van der Waals surface area contributed by atoms with E-state index in [0.29, 0.717) is 27.3 Å². The van der Waals surface area contributed by atoms with Gasteiger partial charge in [-0.05, 0) is 64.1 Å². The van der Waals surface area contributed by atoms with Crippen molar-refractivity contribution in [2.75, 3.05) is 0 Å². The van der Waals surface area contributed by atoms with Crippen molar-refractivity contribution >= 4 is 22.7 Å². The molecule has 0 saturated carbocycles. The fourth-order valence-corrected chi connectivity index (χ4v) is 4.47. The fourth-order valence-electron chi connectivity index (χ4n) is 3.11. The number of carbonyl (C=O) groups excluding carboxylic acids is 2. The average molecular weight is 386 g/mol. The van der Waals surface area contributed by atoms with Crippen LogP contribution in [0.4, 0.5) is 0 Å². The minimum absolute atomic E-state index is 0.352. The molecule has 2 N–H and O–H groups in total. The maximum atomic E-state index is 12.9. The summed E-state index contributed by atoms with van der Waals surface area (Å²) >= 11 is -1.42. The largest absolute Gasteiger partial charge is 0.606 e. The van der Waals surface area contributed by atoms with Crippen LogP contribution >= 0.6 is 0 Å². The van der Waals surface area contributed by atoms with Crippen LogP contribution in [0.2, 0.25) is 0 Å². The fraction of sp³-hybridized carbons (Fsp3) is 0.333. The number of hydrogen-bond donors (Lipinski definition) is 2. The third-order valence-electron chi connectivity index (χ3n) is 4.54. The molecule has 0 unspecified atom stereocenters. The highest BCUT2D eigenvalue weighted by atomic mass is 32.2. The lowest BCUT2D eigenvalue weighted by Crippen LogP contribution is -2.31. The van der Waals surface area contributed by atoms with E-state index in [-0.39, 0.29) is 0 Å². The second-order valence-corrected chi connectivity index (χ2v) is 9.28. The van der Waals surface area contributed by atoms with Gasteiger partial charge in [0.1, 0.15) is 11.2 Å². The van der Waals surface area contributed by atoms with Crippen molar-refractivity contribution in [2.45, 2.75) is 55.1 Å². The summed E-state index contributed by atoms with van der Waals surface area (Å²) in [5, 5.41) is 19.9. The SMILES string of the molecule is CC(C)(O)C(=O)c1ccc2c(c1)Cc1cc(C(=O)C(C)(C)O)ccc1[S+]2[O-]. The first-order chi connectivity index (χ1) is 12.4. The highest BCUT2D eigenvalue weighted by Gasteiger charge is 2.33. The Balaban J connectivity index is 2.02. The summed E-state index contributed by atoms with van der Waals surface area (Å²) in [6.45, 7) is 5.71. The Morgan fingerprint density at radius 1 is 0.852 bits per heavy atom. The van der Waals surface area contributed by atoms with E-state index < -0.39 is 33.9 Å². The first-order valence-corrected chi connectivity index (χ1v) is 9.76. The summed E-state index contributed by atoms with van der Waals surface area (Å²) in [6, 6.07) is 9.77. The molecule has 0 amide bonds. The van der Waals surface area contributed by atoms with Crippen molar-refractivity contribution in [2.24, 2.45) is 0 Å². The Kier molecular flexibility index (Phi) is 4.80. The molecule has 0 fully saturated rings. The van der Waals surface area contributed by atoms with Crippen molar-refractivity contribution in [3.05, 3.63) is 58.7 Å². The molecule has 2 aromatic carbocycles. The van der Waals surface area contributed by atoms with E-state index in [1.165, 1.54) is 27.7 Å². The van der Waals surface area contributed by atoms with Gasteiger partial charge in [0.15, 0.2) is 21.4 Å². The number of carbonyl (C=O) groups is 2. The first kappa shape index (κ1) is 19.8. The van der Waals surface area contributed by atoms with Gasteiger partial charge >= 0.3 is 0 Å². The summed E-state index contributed by atoms with van der Waals surface area (Å²) in [5.41, 5.74) is -0.832. The molecule has 6 heteroatoms. The number of fused-ring (bicyclic) bond motifs is 2. The van der Waals surface area contributed by atoms with Gasteiger partial charge in [-0.15, -0.1) is 0 Å². The zero-order chi connectivity index (χ0) is 20.1. The van der Waals surface area contributed by atoms with Crippen LogP contribution in [0, 0.1) is 0 Å². The smallest absolute Gasteiger partial charge is 0.193 e. The molecule has 27 heavy (non-hydrogen) atoms. The predicted octanol–water partition coefficient (Wildman–Crippen LogP) is 2.66. The van der Waals surface area contributed by atoms with Crippen molar-refractivity contribution in [3.8, 4) is 0 Å². The molecule has 1 aliphatic heterocycles. The van der Waals surface area contributed by atoms with Crippen LogP contribution in [-0.2, 0) is 17.6 Å². The molecule has 0 saturated heterocycles. The molecule has 142 valence electrons. The van der Waals surface area contributed by atoms with Gasteiger partial charge in [-0.2, -0.15) is 0 Å². The van der Waals surface area contributed by atoms with Crippen molar-refractivity contribution in [1.82, 2.24) is 0 Å². The van der Waals surface area contributed by atoms with Crippen LogP contribution in [-0.4, -0.2) is 37.5 Å². The lowest BCUT2D eigenvalue weighted by Gasteiger charge is -2.24. The van der Waals surface area contributed by atoms with Gasteiger partial charge in [0, 0.05) is 39.9 Å². The highest BCUT2D eigenvalue weighted by Crippen LogP contribution is 2.36. The van der Waals surface area contributed by atoms with E-state index in [2.05, 4.69) is 0 Å². The summed E-state index contributed by atoms with van der Waals surface area (Å²) < 4.78 is 12.9. The molecule has 2 aromatic rings. The zero-order valence-electron chi connectivity index (χ0n) is 15.7. The molecule has 0 aromatic heterocycles. The molecule has 3 rings (SSSR count). The van der Waals surface area contributed by atoms with E-state index in [9.17, 15) is 24.4 Å². The lowest BCUT2D eigenvalue weighted by atomic mass is 9.92. The van der Waals surface area contributed by atoms with Crippen molar-refractivity contribution in [3.63, 3.8) is 0 Å². The van der Waals surface area contributed by atoms with Crippen molar-refractivity contribution in [1.29, 1.82) is 0 Å². The van der Waals surface area contributed by atoms with Gasteiger partial charge < -0.3 is 14.8 Å². The van der Waals surface area contributed by atoms with Crippen LogP contribution in [0.25, 0.3) is 0 Å². The highest BCUT2D eigenvalue weighted by molar-refractivity contribution is 7.91. The molecule has 0 spiro atoms. The molecule has 0 atom stereocenters. The Bertz CT molecular complexity index is 859. The van der Waals surface area contributed by atoms with Crippen LogP contribution in [0.3, 0.4) is 0 Å². The third-order valence-corrected chi connectivity index (χ3v) is 6.13. The number of rotatable bonds is 4. The molecule has 1 aliphatic rings. The first-order valence-electron chi connectivity index (χ1n) is 8.61. The van der Waals surface area contributed by atoms with E-state index in [1.807, 2.05) is 0 Å². The topological polar surface area (TPSA) is 97.7 Å². The van der Waals surface area contributed by atoms with Gasteiger partial charge in [0.2, 0.25) is 0 Å². The minimum atomic E-state index is -1.49. The Labute approximate surface area is 161 Å². The minimum Gasteiger partial charge on any atom is -0.606 e. The van der Waals surface area contributed by atoms with Crippen LogP contribution < -0.4 is 0 Å². The number of ketones is 2. The molecule has 1 heterocycles. The van der Waals surface area contributed by atoms with Gasteiger partial charge in [-0.3, -0.25) is 9.59 Å². The normalized spacial score (nSPS) is 14.5. The second kappa shape index (κ2) is 6.56. The molecule has 0 bridgehead atoms. The Hall–Kier alpha value is -1.99. The van der Waals surface area contributed by atoms with Gasteiger partial charge in [0.25, 0.3) is 0 Å². The lowest BCUT2D eigenvalue weighted by molar-refractivity contribution is 0.0487. The monoisotopic (exact) mass is 386 g/mol. The molecule has 0 aliphatic carbocycles. The average Bonchev–Trinajstić information content (AvgIpc) is 2.58. The van der Waals surface area contributed by atoms with Crippen LogP contribution in [0.5, 0.6) is 0 Å². The number of benzene rings is 2. The number of aliphatic hydroxyl groups is 2. The molecule has 5 nitrogen and oxygen atoms in total. The number of hydrogen-bond acceptors (Lipinski definition) is 5. The van der Waals surface area contributed by atoms with E-state index in [1.54, 1.807) is 36.4 Å². The standard InChI is InChI=1S/C21H22O5S/c1-20(2,24)18(22)12-5-7-16-14(9-12)11-15-10-13(19(23)21(3,4)25)6-8-17(15)27(16)26/h5-10,24-25H,11H2,1-4H3. The predicted molar refractivity (Wildman–Crippen MR) is 102 cm³/mol. The van der Waals surface area contributed by atoms with E-state index >= 15 is 0 Å². The maximum Gasteiger partial charge on any atom is 0.193 e. The summed E-state index contributed by atoms with van der Waals surface area (Å²) in [5.74, 6) is -0.819. The van der Waals surface area contributed by atoms with E-state index in [4.69, 9.17) is 0 Å². The van der Waals surface area contributed by atoms with Gasteiger partial charge in [-0.25, -0.2) is 0 Å². The Morgan fingerprint density at radius 2 is 1.22 bits per heavy atom. The van der Waals surface area contributed by atoms with Crippen LogP contribution in [0.1, 0.15) is 59.5 Å². The van der Waals surface area contributed by atoms with Gasteiger partial charge in [0.05, 0.1) is 0 Å². The van der Waals surface area contributed by atoms with Gasteiger partial charge in [-0.1, -0.05) is 0 Å². The Morgan fingerprint density at radius 3 is 1.56 bits per heavy atom. The molecular weight excluding hydrogens is 364 g/mol. The third kappa shape index (κ3) is 3.71. The van der Waals surface area contributed by atoms with E-state index in [0.717, 1.165) is 11.1 Å². The second-order valence-electron chi connectivity index (χ2n) is 7.87. The summed E-state index contributed by atoms with van der Waals surface area (Å²) in [7, 11) is 0. The molecule has 0 radical (unpaired) electrons. The van der Waals surface area contributed by atoms with Crippen molar-refractivity contribution < 1.29 is 24.4 Å².